The van der Waals surface area contributed by atoms with Crippen molar-refractivity contribution in [2.75, 3.05) is 13.1 Å². The van der Waals surface area contributed by atoms with Crippen molar-refractivity contribution in [2.24, 2.45) is 5.92 Å². The number of carbonyl (C=O) groups excluding carboxylic acids is 1. The Balaban J connectivity index is 1.92. The summed E-state index contributed by atoms with van der Waals surface area (Å²) in [6, 6.07) is -0.00496. The number of hydrogen-bond donors (Lipinski definition) is 0. The minimum absolute atomic E-state index is 0.00496. The summed E-state index contributed by atoms with van der Waals surface area (Å²) < 4.78 is 1.74. The third-order valence-corrected chi connectivity index (χ3v) is 7.60. The number of nitrogens with zero attached hydrogens (tertiary/aromatic N) is 3. The van der Waals surface area contributed by atoms with E-state index in [0.717, 1.165) is 46.6 Å². The lowest BCUT2D eigenvalue weighted by atomic mass is 9.99. The number of aryl methyl sites for hydroxylation is 2. The van der Waals surface area contributed by atoms with Gasteiger partial charge in [-0.25, -0.2) is 4.98 Å². The molecule has 3 rings (SSSR count). The summed E-state index contributed by atoms with van der Waals surface area (Å²) in [7, 11) is 0. The van der Waals surface area contributed by atoms with E-state index >= 15 is 0 Å². The van der Waals surface area contributed by atoms with E-state index in [-0.39, 0.29) is 22.8 Å². The second-order valence-electron chi connectivity index (χ2n) is 7.89. The molecule has 5 nitrogen and oxygen atoms in total. The molecule has 1 aliphatic heterocycles. The number of fused-ring (bicyclic) bond motifs is 1. The normalized spacial score (nSPS) is 17.1. The van der Waals surface area contributed by atoms with Crippen LogP contribution in [-0.4, -0.2) is 38.7 Å². The zero-order valence-electron chi connectivity index (χ0n) is 17.0. The van der Waals surface area contributed by atoms with E-state index in [4.69, 9.17) is 4.98 Å². The van der Waals surface area contributed by atoms with Crippen LogP contribution in [0, 0.1) is 19.8 Å². The van der Waals surface area contributed by atoms with Crippen LogP contribution in [0.15, 0.2) is 9.95 Å². The Morgan fingerprint density at radius 1 is 1.22 bits per heavy atom. The molecule has 1 atom stereocenters. The van der Waals surface area contributed by atoms with Crippen molar-refractivity contribution in [3.63, 3.8) is 0 Å². The molecule has 1 unspecified atom stereocenters. The summed E-state index contributed by atoms with van der Waals surface area (Å²) in [5, 5.41) is 1.12. The Morgan fingerprint density at radius 3 is 2.44 bits per heavy atom. The van der Waals surface area contributed by atoms with Crippen molar-refractivity contribution in [1.82, 2.24) is 14.5 Å². The van der Waals surface area contributed by atoms with Crippen LogP contribution >= 0.6 is 23.1 Å². The molecule has 0 N–H and O–H groups in total. The molecule has 1 amide bonds. The van der Waals surface area contributed by atoms with Gasteiger partial charge in [0.25, 0.3) is 5.56 Å². The summed E-state index contributed by atoms with van der Waals surface area (Å²) >= 11 is 2.97. The first kappa shape index (κ1) is 20.4. The van der Waals surface area contributed by atoms with Gasteiger partial charge in [-0.05, 0) is 58.9 Å². The van der Waals surface area contributed by atoms with Gasteiger partial charge in [0, 0.05) is 24.0 Å². The predicted molar refractivity (Wildman–Crippen MR) is 114 cm³/mol. The van der Waals surface area contributed by atoms with Crippen LogP contribution in [0.5, 0.6) is 0 Å². The fraction of sp³-hybridized carbons (Fsp3) is 0.650. The van der Waals surface area contributed by atoms with Gasteiger partial charge in [0.05, 0.1) is 10.6 Å². The number of likely N-dealkylation sites (tertiary alicyclic amines) is 1. The molecule has 2 aromatic heterocycles. The van der Waals surface area contributed by atoms with Gasteiger partial charge in [0.1, 0.15) is 4.83 Å². The Hall–Kier alpha value is -1.34. The topological polar surface area (TPSA) is 55.2 Å². The summed E-state index contributed by atoms with van der Waals surface area (Å²) in [6.07, 6.45) is 2.13. The minimum atomic E-state index is -0.255. The van der Waals surface area contributed by atoms with Crippen LogP contribution in [-0.2, 0) is 4.79 Å². The maximum absolute atomic E-state index is 13.1. The lowest BCUT2D eigenvalue weighted by molar-refractivity contribution is -0.131. The number of thioether (sulfide) groups is 1. The molecule has 0 bridgehead atoms. The van der Waals surface area contributed by atoms with Crippen LogP contribution in [0.25, 0.3) is 10.2 Å². The Labute approximate surface area is 169 Å². The Kier molecular flexibility index (Phi) is 6.01. The highest BCUT2D eigenvalue weighted by Gasteiger charge is 2.27. The van der Waals surface area contributed by atoms with Crippen LogP contribution in [0.2, 0.25) is 0 Å². The molecular formula is C20H29N3O2S2. The molecule has 1 fully saturated rings. The van der Waals surface area contributed by atoms with Gasteiger partial charge in [0.2, 0.25) is 5.91 Å². The first-order valence-electron chi connectivity index (χ1n) is 9.68. The highest BCUT2D eigenvalue weighted by Crippen LogP contribution is 2.31. The van der Waals surface area contributed by atoms with Crippen molar-refractivity contribution in [2.45, 2.75) is 70.8 Å². The number of carbonyl (C=O) groups is 1. The first-order chi connectivity index (χ1) is 12.7. The average molecular weight is 408 g/mol. The molecule has 1 saturated heterocycles. The van der Waals surface area contributed by atoms with Crippen LogP contribution in [0.4, 0.5) is 0 Å². The number of piperidine rings is 1. The quantitative estimate of drug-likeness (QED) is 0.557. The maximum Gasteiger partial charge on any atom is 0.263 e. The van der Waals surface area contributed by atoms with Gasteiger partial charge in [-0.15, -0.1) is 11.3 Å². The number of amides is 1. The molecule has 0 aliphatic carbocycles. The first-order valence-corrected chi connectivity index (χ1v) is 11.4. The number of aromatic nitrogens is 2. The van der Waals surface area contributed by atoms with E-state index in [9.17, 15) is 9.59 Å². The monoisotopic (exact) mass is 407 g/mol. The zero-order chi connectivity index (χ0) is 19.9. The number of thiophene rings is 1. The third-order valence-electron chi connectivity index (χ3n) is 5.44. The van der Waals surface area contributed by atoms with E-state index in [2.05, 4.69) is 6.92 Å². The second kappa shape index (κ2) is 7.95. The summed E-state index contributed by atoms with van der Waals surface area (Å²) in [5.41, 5.74) is 1.02. The average Bonchev–Trinajstić information content (AvgIpc) is 2.89. The largest absolute Gasteiger partial charge is 0.342 e. The van der Waals surface area contributed by atoms with E-state index in [1.807, 2.05) is 39.5 Å². The smallest absolute Gasteiger partial charge is 0.263 e. The molecule has 2 aromatic rings. The molecule has 1 aliphatic rings. The van der Waals surface area contributed by atoms with Crippen molar-refractivity contribution < 1.29 is 4.79 Å². The Morgan fingerprint density at radius 2 is 1.85 bits per heavy atom. The molecule has 3 heterocycles. The van der Waals surface area contributed by atoms with Crippen LogP contribution in [0.1, 0.15) is 57.0 Å². The van der Waals surface area contributed by atoms with Crippen molar-refractivity contribution in [1.29, 1.82) is 0 Å². The summed E-state index contributed by atoms with van der Waals surface area (Å²) in [5.74, 6) is 0.840. The highest BCUT2D eigenvalue weighted by molar-refractivity contribution is 8.00. The lowest BCUT2D eigenvalue weighted by Crippen LogP contribution is -2.42. The van der Waals surface area contributed by atoms with E-state index in [0.29, 0.717) is 11.1 Å². The van der Waals surface area contributed by atoms with Crippen LogP contribution < -0.4 is 5.56 Å². The number of hydrogen-bond acceptors (Lipinski definition) is 5. The fourth-order valence-corrected chi connectivity index (χ4v) is 5.72. The minimum Gasteiger partial charge on any atom is -0.342 e. The van der Waals surface area contributed by atoms with Gasteiger partial charge in [-0.3, -0.25) is 14.2 Å². The summed E-state index contributed by atoms with van der Waals surface area (Å²) in [4.78, 5) is 34.7. The van der Waals surface area contributed by atoms with E-state index in [1.54, 1.807) is 15.9 Å². The predicted octanol–water partition coefficient (Wildman–Crippen LogP) is 4.39. The third kappa shape index (κ3) is 3.94. The van der Waals surface area contributed by atoms with Crippen molar-refractivity contribution >= 4 is 39.2 Å². The molecule has 7 heteroatoms. The maximum atomic E-state index is 13.1. The van der Waals surface area contributed by atoms with E-state index in [1.165, 1.54) is 11.8 Å². The van der Waals surface area contributed by atoms with E-state index < -0.39 is 0 Å². The van der Waals surface area contributed by atoms with Crippen LogP contribution in [0.3, 0.4) is 0 Å². The molecule has 0 radical (unpaired) electrons. The molecular weight excluding hydrogens is 378 g/mol. The molecule has 0 aromatic carbocycles. The lowest BCUT2D eigenvalue weighted by Gasteiger charge is -2.32. The fourth-order valence-electron chi connectivity index (χ4n) is 3.52. The molecule has 0 spiro atoms. The molecule has 27 heavy (non-hydrogen) atoms. The van der Waals surface area contributed by atoms with Gasteiger partial charge in [-0.2, -0.15) is 0 Å². The van der Waals surface area contributed by atoms with Crippen molar-refractivity contribution in [3.05, 3.63) is 20.8 Å². The SMILES string of the molecule is Cc1sc2nc(SC(C)C(=O)N3CCC(C)CC3)n(C(C)C)c(=O)c2c1C. The van der Waals surface area contributed by atoms with Gasteiger partial charge < -0.3 is 4.90 Å². The Bertz CT molecular complexity index is 908. The molecule has 148 valence electrons. The van der Waals surface area contributed by atoms with Gasteiger partial charge >= 0.3 is 0 Å². The van der Waals surface area contributed by atoms with Gasteiger partial charge in [-0.1, -0.05) is 18.7 Å². The number of rotatable bonds is 4. The zero-order valence-corrected chi connectivity index (χ0v) is 18.7. The second-order valence-corrected chi connectivity index (χ2v) is 10.4. The standard InChI is InChI=1S/C20H29N3O2S2/c1-11(2)23-19(25)16-13(4)14(5)26-17(16)21-20(23)27-15(6)18(24)22-9-7-12(3)8-10-22/h11-12,15H,7-10H2,1-6H3. The summed E-state index contributed by atoms with van der Waals surface area (Å²) in [6.45, 7) is 13.8. The van der Waals surface area contributed by atoms with Gasteiger partial charge in [0.15, 0.2) is 5.16 Å². The highest BCUT2D eigenvalue weighted by atomic mass is 32.2. The van der Waals surface area contributed by atoms with Crippen molar-refractivity contribution in [3.8, 4) is 0 Å². The molecule has 0 saturated carbocycles.